The number of hydrogen-bond donors (Lipinski definition) is 1. The van der Waals surface area contributed by atoms with Crippen LogP contribution in [0.4, 0.5) is 4.79 Å². The highest BCUT2D eigenvalue weighted by atomic mass is 16.4. The molecule has 0 aliphatic carbocycles. The van der Waals surface area contributed by atoms with Crippen LogP contribution in [0.5, 0.6) is 0 Å². The number of hydrogen-bond acceptors (Lipinski definition) is 5. The van der Waals surface area contributed by atoms with E-state index in [0.717, 1.165) is 4.90 Å². The summed E-state index contributed by atoms with van der Waals surface area (Å²) in [5, 5.41) is 20.9. The second-order valence-corrected chi connectivity index (χ2v) is 3.25. The number of nitrogens with two attached hydrogens (primary N) is 1. The monoisotopic (exact) mass is 216 g/mol. The van der Waals surface area contributed by atoms with E-state index < -0.39 is 36.5 Å². The molecule has 0 fully saturated rings. The normalized spacial score (nSPS) is 12.2. The Labute approximate surface area is 86.5 Å². The smallest absolute Gasteiger partial charge is 0.315 e. The van der Waals surface area contributed by atoms with Gasteiger partial charge in [-0.1, -0.05) is 0 Å². The van der Waals surface area contributed by atoms with Gasteiger partial charge in [0.2, 0.25) is 0 Å². The van der Waals surface area contributed by atoms with Gasteiger partial charge < -0.3 is 30.4 Å². The van der Waals surface area contributed by atoms with Crippen LogP contribution in [0.25, 0.3) is 0 Å². The van der Waals surface area contributed by atoms with E-state index in [4.69, 9.17) is 5.73 Å². The van der Waals surface area contributed by atoms with Gasteiger partial charge in [0.15, 0.2) is 0 Å². The zero-order chi connectivity index (χ0) is 12.2. The highest BCUT2D eigenvalue weighted by Gasteiger charge is 2.25. The Kier molecular flexibility index (Phi) is 4.56. The predicted molar refractivity (Wildman–Crippen MR) is 45.0 cm³/mol. The highest BCUT2D eigenvalue weighted by molar-refractivity contribution is 5.84. The van der Waals surface area contributed by atoms with Gasteiger partial charge in [-0.3, -0.25) is 0 Å². The van der Waals surface area contributed by atoms with Gasteiger partial charge in [0.05, 0.1) is 12.0 Å². The van der Waals surface area contributed by atoms with E-state index in [1.807, 2.05) is 0 Å². The van der Waals surface area contributed by atoms with Crippen LogP contribution in [-0.2, 0) is 9.59 Å². The topological polar surface area (TPSA) is 127 Å². The number of carboxylic acids is 2. The molecule has 0 saturated carbocycles. The van der Waals surface area contributed by atoms with Gasteiger partial charge in [-0.25, -0.2) is 4.79 Å². The van der Waals surface area contributed by atoms with Crippen LogP contribution in [0.2, 0.25) is 0 Å². The number of nitrogens with zero attached hydrogens (tertiary/aromatic N) is 1. The second-order valence-electron chi connectivity index (χ2n) is 3.25. The zero-order valence-electron chi connectivity index (χ0n) is 8.43. The summed E-state index contributed by atoms with van der Waals surface area (Å²) in [6.07, 6.45) is -0.844. The van der Waals surface area contributed by atoms with Gasteiger partial charge in [0.1, 0.15) is 0 Å². The van der Waals surface area contributed by atoms with Gasteiger partial charge in [-0.15, -0.1) is 0 Å². The lowest BCUT2D eigenvalue weighted by atomic mass is 10.1. The largest absolute Gasteiger partial charge is 0.550 e. The lowest BCUT2D eigenvalue weighted by Gasteiger charge is -2.34. The molecule has 0 aromatic rings. The maximum Gasteiger partial charge on any atom is 0.315 e. The summed E-state index contributed by atoms with van der Waals surface area (Å²) < 4.78 is 0. The first-order chi connectivity index (χ1) is 6.77. The van der Waals surface area contributed by atoms with Crippen molar-refractivity contribution in [3.63, 3.8) is 0 Å². The number of carbonyl (C=O) groups excluding carboxylic acids is 3. The van der Waals surface area contributed by atoms with E-state index in [9.17, 15) is 24.6 Å². The zero-order valence-corrected chi connectivity index (χ0v) is 8.43. The number of aliphatic carboxylic acids is 2. The minimum absolute atomic E-state index is 0.537. The second kappa shape index (κ2) is 5.18. The first kappa shape index (κ1) is 13.2. The first-order valence-corrected chi connectivity index (χ1v) is 4.25. The summed E-state index contributed by atoms with van der Waals surface area (Å²) in [7, 11) is 0. The standard InChI is InChI=1S/C8H14N2O5/c1-4(2)10(8(9)15)5(7(13)14)3-6(11)12/h4-5H,3H2,1-2H3,(H2,9,15)(H,11,12)(H,13,14)/p-2. The fourth-order valence-corrected chi connectivity index (χ4v) is 1.22. The van der Waals surface area contributed by atoms with Crippen molar-refractivity contribution in [3.05, 3.63) is 0 Å². The minimum atomic E-state index is -1.67. The average molecular weight is 216 g/mol. The van der Waals surface area contributed by atoms with Crippen molar-refractivity contribution >= 4 is 18.0 Å². The molecule has 0 aliphatic heterocycles. The molecule has 0 heterocycles. The number of primary amides is 1. The molecule has 0 aromatic heterocycles. The van der Waals surface area contributed by atoms with Crippen LogP contribution in [0.3, 0.4) is 0 Å². The highest BCUT2D eigenvalue weighted by Crippen LogP contribution is 2.08. The fourth-order valence-electron chi connectivity index (χ4n) is 1.22. The van der Waals surface area contributed by atoms with E-state index in [0.29, 0.717) is 0 Å². The third-order valence-corrected chi connectivity index (χ3v) is 1.78. The van der Waals surface area contributed by atoms with Crippen molar-refractivity contribution in [2.45, 2.75) is 32.4 Å². The van der Waals surface area contributed by atoms with Crippen LogP contribution in [0.15, 0.2) is 0 Å². The van der Waals surface area contributed by atoms with Gasteiger partial charge in [0, 0.05) is 18.4 Å². The third kappa shape index (κ3) is 3.84. The summed E-state index contributed by atoms with van der Waals surface area (Å²) in [4.78, 5) is 32.6. The van der Waals surface area contributed by atoms with E-state index in [1.165, 1.54) is 13.8 Å². The van der Waals surface area contributed by atoms with Crippen LogP contribution in [0, 0.1) is 0 Å². The summed E-state index contributed by atoms with van der Waals surface area (Å²) in [5.41, 5.74) is 4.93. The molecule has 2 amide bonds. The van der Waals surface area contributed by atoms with Gasteiger partial charge in [0.25, 0.3) is 0 Å². The maximum absolute atomic E-state index is 10.9. The molecule has 1 unspecified atom stereocenters. The lowest BCUT2D eigenvalue weighted by Crippen LogP contribution is -2.56. The molecule has 86 valence electrons. The minimum Gasteiger partial charge on any atom is -0.550 e. The Morgan fingerprint density at radius 1 is 1.27 bits per heavy atom. The molecule has 0 saturated heterocycles. The van der Waals surface area contributed by atoms with Crippen molar-refractivity contribution < 1.29 is 24.6 Å². The maximum atomic E-state index is 10.9. The Morgan fingerprint density at radius 3 is 1.93 bits per heavy atom. The van der Waals surface area contributed by atoms with Crippen molar-refractivity contribution in [3.8, 4) is 0 Å². The molecular weight excluding hydrogens is 204 g/mol. The summed E-state index contributed by atoms with van der Waals surface area (Å²) >= 11 is 0. The van der Waals surface area contributed by atoms with E-state index in [1.54, 1.807) is 0 Å². The SMILES string of the molecule is CC(C)N(C(N)=O)C(CC(=O)[O-])C(=O)[O-]. The number of amides is 2. The third-order valence-electron chi connectivity index (χ3n) is 1.78. The van der Waals surface area contributed by atoms with Crippen molar-refractivity contribution in [2.24, 2.45) is 5.73 Å². The molecular formula is C8H12N2O5-2. The molecule has 15 heavy (non-hydrogen) atoms. The number of rotatable bonds is 5. The lowest BCUT2D eigenvalue weighted by molar-refractivity contribution is -0.320. The van der Waals surface area contributed by atoms with E-state index in [2.05, 4.69) is 0 Å². The average Bonchev–Trinajstić information content (AvgIpc) is 2.00. The molecule has 0 aliphatic rings. The Balaban J connectivity index is 4.92. The predicted octanol–water partition coefficient (Wildman–Crippen LogP) is -2.97. The molecule has 0 bridgehead atoms. The van der Waals surface area contributed by atoms with E-state index >= 15 is 0 Å². The van der Waals surface area contributed by atoms with Crippen molar-refractivity contribution in [1.29, 1.82) is 0 Å². The van der Waals surface area contributed by atoms with Crippen LogP contribution < -0.4 is 15.9 Å². The van der Waals surface area contributed by atoms with E-state index in [-0.39, 0.29) is 0 Å². The summed E-state index contributed by atoms with van der Waals surface area (Å²) in [6.45, 7) is 3.02. The molecule has 0 radical (unpaired) electrons. The fraction of sp³-hybridized carbons (Fsp3) is 0.625. The molecule has 7 heteroatoms. The molecule has 0 spiro atoms. The molecule has 7 nitrogen and oxygen atoms in total. The van der Waals surface area contributed by atoms with Gasteiger partial charge in [-0.2, -0.15) is 0 Å². The molecule has 2 N–H and O–H groups in total. The first-order valence-electron chi connectivity index (χ1n) is 4.25. The number of carboxylic acid groups (broad SMARTS) is 2. The Hall–Kier alpha value is -1.79. The molecule has 0 aromatic carbocycles. The quantitative estimate of drug-likeness (QED) is 0.525. The number of urea groups is 1. The Morgan fingerprint density at radius 2 is 1.73 bits per heavy atom. The van der Waals surface area contributed by atoms with Crippen LogP contribution in [-0.4, -0.2) is 35.0 Å². The van der Waals surface area contributed by atoms with Crippen LogP contribution >= 0.6 is 0 Å². The van der Waals surface area contributed by atoms with Gasteiger partial charge >= 0.3 is 6.03 Å². The summed E-state index contributed by atoms with van der Waals surface area (Å²) in [6, 6.07) is -3.15. The van der Waals surface area contributed by atoms with Crippen molar-refractivity contribution in [2.75, 3.05) is 0 Å². The number of carbonyl (C=O) groups is 3. The molecule has 0 rings (SSSR count). The Bertz CT molecular complexity index is 276. The van der Waals surface area contributed by atoms with Crippen molar-refractivity contribution in [1.82, 2.24) is 4.90 Å². The molecule has 1 atom stereocenters. The van der Waals surface area contributed by atoms with Crippen LogP contribution in [0.1, 0.15) is 20.3 Å². The summed E-state index contributed by atoms with van der Waals surface area (Å²) in [5.74, 6) is -3.26. The van der Waals surface area contributed by atoms with Gasteiger partial charge in [-0.05, 0) is 13.8 Å².